The number of piperidine rings is 1. The van der Waals surface area contributed by atoms with Crippen LogP contribution in [0.15, 0.2) is 11.2 Å². The Labute approximate surface area is 126 Å². The van der Waals surface area contributed by atoms with E-state index in [0.717, 1.165) is 38.9 Å². The van der Waals surface area contributed by atoms with Gasteiger partial charge in [0.15, 0.2) is 5.03 Å². The highest BCUT2D eigenvalue weighted by atomic mass is 32.2. The summed E-state index contributed by atoms with van der Waals surface area (Å²) >= 11 is 0. The summed E-state index contributed by atoms with van der Waals surface area (Å²) in [5.74, 6) is 0. The van der Waals surface area contributed by atoms with E-state index in [1.165, 1.54) is 0 Å². The van der Waals surface area contributed by atoms with Crippen molar-refractivity contribution in [3.63, 3.8) is 0 Å². The average Bonchev–Trinajstić information content (AvgIpc) is 2.91. The minimum Gasteiger partial charge on any atom is -0.316 e. The van der Waals surface area contributed by atoms with Crippen LogP contribution >= 0.6 is 0 Å². The van der Waals surface area contributed by atoms with E-state index in [-0.39, 0.29) is 11.1 Å². The Morgan fingerprint density at radius 3 is 2.76 bits per heavy atom. The van der Waals surface area contributed by atoms with Crippen molar-refractivity contribution < 1.29 is 8.42 Å². The molecule has 0 aromatic carbocycles. The van der Waals surface area contributed by atoms with E-state index >= 15 is 0 Å². The predicted molar refractivity (Wildman–Crippen MR) is 81.4 cm³/mol. The summed E-state index contributed by atoms with van der Waals surface area (Å²) in [6.07, 6.45) is 4.40. The normalized spacial score (nSPS) is 18.2. The molecule has 8 heteroatoms. The quantitative estimate of drug-likeness (QED) is 0.672. The van der Waals surface area contributed by atoms with E-state index in [1.54, 1.807) is 13.2 Å². The molecular weight excluding hydrogens is 290 g/mol. The molecule has 0 aliphatic carbocycles. The number of rotatable bonds is 7. The number of nitrogens with one attached hydrogen (secondary N) is 3. The van der Waals surface area contributed by atoms with Crippen molar-refractivity contribution in [1.29, 1.82) is 0 Å². The van der Waals surface area contributed by atoms with Crippen LogP contribution in [0.25, 0.3) is 0 Å². The molecule has 0 unspecified atom stereocenters. The van der Waals surface area contributed by atoms with E-state index in [9.17, 15) is 8.42 Å². The first kappa shape index (κ1) is 16.4. The zero-order valence-corrected chi connectivity index (χ0v) is 13.5. The van der Waals surface area contributed by atoms with Crippen LogP contribution < -0.4 is 10.0 Å². The Bertz CT molecular complexity index is 535. The highest BCUT2D eigenvalue weighted by molar-refractivity contribution is 7.89. The summed E-state index contributed by atoms with van der Waals surface area (Å²) < 4.78 is 27.7. The summed E-state index contributed by atoms with van der Waals surface area (Å²) in [7, 11) is -1.75. The predicted octanol–water partition coefficient (Wildman–Crippen LogP) is 0.282. The molecule has 0 saturated carbocycles. The highest BCUT2D eigenvalue weighted by Crippen LogP contribution is 2.16. The molecule has 2 rings (SSSR count). The summed E-state index contributed by atoms with van der Waals surface area (Å²) in [5.41, 5.74) is 0.661. The zero-order valence-electron chi connectivity index (χ0n) is 12.7. The van der Waals surface area contributed by atoms with Gasteiger partial charge < -0.3 is 10.2 Å². The van der Waals surface area contributed by atoms with Crippen molar-refractivity contribution in [2.45, 2.75) is 43.8 Å². The molecule has 0 amide bonds. The summed E-state index contributed by atoms with van der Waals surface area (Å²) in [4.78, 5) is 2.38. The van der Waals surface area contributed by atoms with Crippen molar-refractivity contribution >= 4 is 10.0 Å². The molecular formula is C13H25N5O2S. The first-order valence-electron chi connectivity index (χ1n) is 7.48. The zero-order chi connectivity index (χ0) is 15.3. The maximum Gasteiger partial charge on any atom is 0.258 e. The fraction of sp³-hybridized carbons (Fsp3) is 0.769. The van der Waals surface area contributed by atoms with Gasteiger partial charge in [0.1, 0.15) is 0 Å². The first-order chi connectivity index (χ1) is 10.1. The molecule has 3 N–H and O–H groups in total. The number of H-pyrrole nitrogens is 1. The summed E-state index contributed by atoms with van der Waals surface area (Å²) in [5, 5.41) is 9.56. The molecule has 0 bridgehead atoms. The molecule has 1 aliphatic rings. The van der Waals surface area contributed by atoms with Crippen LogP contribution in [-0.4, -0.2) is 56.2 Å². The van der Waals surface area contributed by atoms with Gasteiger partial charge in [-0.3, -0.25) is 5.10 Å². The van der Waals surface area contributed by atoms with Crippen LogP contribution in [0, 0.1) is 0 Å². The van der Waals surface area contributed by atoms with E-state index in [1.807, 2.05) is 0 Å². The molecule has 7 nitrogen and oxygen atoms in total. The molecule has 0 spiro atoms. The van der Waals surface area contributed by atoms with Crippen LogP contribution in [0.4, 0.5) is 0 Å². The minimum absolute atomic E-state index is 0.00819. The molecule has 0 atom stereocenters. The number of sulfonamides is 1. The van der Waals surface area contributed by atoms with Gasteiger partial charge in [-0.05, 0) is 45.9 Å². The lowest BCUT2D eigenvalue weighted by Crippen LogP contribution is -2.44. The fourth-order valence-corrected chi connectivity index (χ4v) is 4.15. The average molecular weight is 315 g/mol. The molecule has 1 aliphatic heterocycles. The molecule has 1 fully saturated rings. The minimum atomic E-state index is -3.53. The number of aromatic amines is 1. The molecule has 21 heavy (non-hydrogen) atoms. The Kier molecular flexibility index (Phi) is 5.74. The lowest BCUT2D eigenvalue weighted by molar-refractivity contribution is 0.208. The molecule has 1 aromatic rings. The van der Waals surface area contributed by atoms with Gasteiger partial charge in [-0.2, -0.15) is 5.10 Å². The van der Waals surface area contributed by atoms with Crippen LogP contribution in [-0.2, 0) is 16.6 Å². The van der Waals surface area contributed by atoms with Gasteiger partial charge in [-0.25, -0.2) is 13.1 Å². The number of likely N-dealkylation sites (tertiary alicyclic amines) is 1. The van der Waals surface area contributed by atoms with Crippen molar-refractivity contribution in [3.8, 4) is 0 Å². The van der Waals surface area contributed by atoms with E-state index in [0.29, 0.717) is 12.1 Å². The van der Waals surface area contributed by atoms with Gasteiger partial charge in [-0.1, -0.05) is 6.92 Å². The van der Waals surface area contributed by atoms with Gasteiger partial charge in [0.2, 0.25) is 0 Å². The van der Waals surface area contributed by atoms with Gasteiger partial charge >= 0.3 is 0 Å². The smallest absolute Gasteiger partial charge is 0.258 e. The number of hydrogen-bond donors (Lipinski definition) is 3. The second-order valence-corrected chi connectivity index (χ2v) is 7.14. The Balaban J connectivity index is 1.97. The molecule has 1 saturated heterocycles. The first-order valence-corrected chi connectivity index (χ1v) is 8.96. The molecule has 0 radical (unpaired) electrons. The van der Waals surface area contributed by atoms with Crippen LogP contribution in [0.2, 0.25) is 0 Å². The molecule has 120 valence electrons. The fourth-order valence-electron chi connectivity index (χ4n) is 2.72. The second kappa shape index (κ2) is 7.35. The monoisotopic (exact) mass is 315 g/mol. The highest BCUT2D eigenvalue weighted by Gasteiger charge is 2.26. The van der Waals surface area contributed by atoms with Crippen molar-refractivity contribution in [3.05, 3.63) is 11.8 Å². The van der Waals surface area contributed by atoms with E-state index in [4.69, 9.17) is 0 Å². The number of aromatic nitrogens is 2. The molecule has 2 heterocycles. The SMILES string of the molecule is CCCN1CCC(NS(=O)(=O)c2[nH]ncc2CNC)CC1. The third-order valence-corrected chi connectivity index (χ3v) is 5.30. The summed E-state index contributed by atoms with van der Waals surface area (Å²) in [6, 6.07) is 0.00819. The van der Waals surface area contributed by atoms with Crippen molar-refractivity contribution in [2.24, 2.45) is 0 Å². The Morgan fingerprint density at radius 1 is 1.43 bits per heavy atom. The lowest BCUT2D eigenvalue weighted by Gasteiger charge is -2.31. The maximum absolute atomic E-state index is 12.4. The standard InChI is InChI=1S/C13H25N5O2S/c1-3-6-18-7-4-12(5-8-18)17-21(19,20)13-11(9-14-2)10-15-16-13/h10,12,14,17H,3-9H2,1-2H3,(H,15,16). The second-order valence-electron chi connectivity index (χ2n) is 5.49. The Morgan fingerprint density at radius 2 is 2.14 bits per heavy atom. The van der Waals surface area contributed by atoms with Crippen molar-refractivity contribution in [1.82, 2.24) is 25.1 Å². The van der Waals surface area contributed by atoms with Gasteiger partial charge in [0.05, 0.1) is 6.20 Å². The number of hydrogen-bond acceptors (Lipinski definition) is 5. The van der Waals surface area contributed by atoms with Crippen molar-refractivity contribution in [2.75, 3.05) is 26.7 Å². The summed E-state index contributed by atoms with van der Waals surface area (Å²) in [6.45, 7) is 5.63. The largest absolute Gasteiger partial charge is 0.316 e. The van der Waals surface area contributed by atoms with Crippen LogP contribution in [0.5, 0.6) is 0 Å². The lowest BCUT2D eigenvalue weighted by atomic mass is 10.1. The maximum atomic E-state index is 12.4. The van der Waals surface area contributed by atoms with Crippen LogP contribution in [0.3, 0.4) is 0 Å². The number of nitrogens with zero attached hydrogens (tertiary/aromatic N) is 2. The van der Waals surface area contributed by atoms with Crippen LogP contribution in [0.1, 0.15) is 31.7 Å². The van der Waals surface area contributed by atoms with E-state index < -0.39 is 10.0 Å². The molecule has 1 aromatic heterocycles. The topological polar surface area (TPSA) is 90.1 Å². The van der Waals surface area contributed by atoms with E-state index in [2.05, 4.69) is 32.1 Å². The van der Waals surface area contributed by atoms with Gasteiger partial charge in [-0.15, -0.1) is 0 Å². The Hall–Kier alpha value is -0.960. The third-order valence-electron chi connectivity index (χ3n) is 3.76. The third kappa shape index (κ3) is 4.26. The van der Waals surface area contributed by atoms with Gasteiger partial charge in [0.25, 0.3) is 10.0 Å². The van der Waals surface area contributed by atoms with Gasteiger partial charge in [0, 0.05) is 18.2 Å².